The number of carbonyl (C=O) groups is 1. The number of nitrogens with zero attached hydrogens (tertiary/aromatic N) is 5. The third-order valence-corrected chi connectivity index (χ3v) is 5.29. The van der Waals surface area contributed by atoms with Crippen molar-refractivity contribution in [2.24, 2.45) is 7.05 Å². The summed E-state index contributed by atoms with van der Waals surface area (Å²) in [6, 6.07) is 15.6. The molecule has 1 amide bonds. The summed E-state index contributed by atoms with van der Waals surface area (Å²) in [7, 11) is 1.77. The Kier molecular flexibility index (Phi) is 5.90. The molecule has 0 bridgehead atoms. The van der Waals surface area contributed by atoms with Gasteiger partial charge in [0.1, 0.15) is 0 Å². The van der Waals surface area contributed by atoms with Crippen LogP contribution in [0.2, 0.25) is 0 Å². The van der Waals surface area contributed by atoms with Gasteiger partial charge in [-0.15, -0.1) is 0 Å². The van der Waals surface area contributed by atoms with Gasteiger partial charge in [0.25, 0.3) is 5.69 Å². The van der Waals surface area contributed by atoms with Crippen LogP contribution in [-0.2, 0) is 24.8 Å². The normalized spacial score (nSPS) is 10.8. The molecule has 0 radical (unpaired) electrons. The number of aromatic amines is 1. The van der Waals surface area contributed by atoms with E-state index in [4.69, 9.17) is 12.2 Å². The first kappa shape index (κ1) is 21.1. The molecule has 2 N–H and O–H groups in total. The first-order valence-corrected chi connectivity index (χ1v) is 10.1. The number of nitrogens with one attached hydrogen (secondary N) is 2. The maximum absolute atomic E-state index is 12.7. The molecular weight excluding hydrogens is 430 g/mol. The van der Waals surface area contributed by atoms with Crippen LogP contribution >= 0.6 is 12.2 Å². The molecule has 0 spiro atoms. The molecule has 0 aliphatic heterocycles. The Bertz CT molecular complexity index is 1320. The van der Waals surface area contributed by atoms with Gasteiger partial charge < -0.3 is 9.88 Å². The molecule has 0 saturated carbocycles. The van der Waals surface area contributed by atoms with Crippen LogP contribution in [0.3, 0.4) is 0 Å². The summed E-state index contributed by atoms with van der Waals surface area (Å²) < 4.78 is 3.85. The number of H-pyrrole nitrogens is 1. The van der Waals surface area contributed by atoms with E-state index in [1.54, 1.807) is 34.6 Å². The number of para-hydroxylation sites is 1. The van der Waals surface area contributed by atoms with Crippen molar-refractivity contribution in [3.63, 3.8) is 0 Å². The quantitative estimate of drug-likeness (QED) is 0.254. The Morgan fingerprint density at radius 3 is 2.53 bits per heavy atom. The monoisotopic (exact) mass is 449 g/mol. The summed E-state index contributed by atoms with van der Waals surface area (Å²) in [5, 5.41) is 25.2. The van der Waals surface area contributed by atoms with E-state index in [9.17, 15) is 14.9 Å². The number of non-ortho nitro benzene ring substituents is 1. The van der Waals surface area contributed by atoms with Gasteiger partial charge in [0.05, 0.1) is 29.3 Å². The van der Waals surface area contributed by atoms with Crippen LogP contribution in [-0.4, -0.2) is 35.4 Å². The predicted molar refractivity (Wildman–Crippen MR) is 120 cm³/mol. The standard InChI is InChI=1S/C21H19N7O3S/c1-26-18(23-24-21(26)32)12-22-19(29)11-15-13-27(16-5-3-2-4-6-16)25-20(15)14-7-9-17(10-8-14)28(30)31/h2-10,13H,11-12H2,1H3,(H,22,29)(H,24,32). The van der Waals surface area contributed by atoms with Gasteiger partial charge in [-0.2, -0.15) is 10.2 Å². The number of aromatic nitrogens is 5. The summed E-state index contributed by atoms with van der Waals surface area (Å²) in [5.74, 6) is 0.397. The number of nitro groups is 1. The molecule has 4 rings (SSSR count). The Morgan fingerprint density at radius 2 is 1.91 bits per heavy atom. The maximum Gasteiger partial charge on any atom is 0.269 e. The zero-order valence-corrected chi connectivity index (χ0v) is 17.9. The second-order valence-electron chi connectivity index (χ2n) is 7.04. The fourth-order valence-electron chi connectivity index (χ4n) is 3.19. The maximum atomic E-state index is 12.7. The Morgan fingerprint density at radius 1 is 1.19 bits per heavy atom. The molecule has 32 heavy (non-hydrogen) atoms. The van der Waals surface area contributed by atoms with Crippen molar-refractivity contribution < 1.29 is 9.72 Å². The minimum Gasteiger partial charge on any atom is -0.349 e. The van der Waals surface area contributed by atoms with Gasteiger partial charge >= 0.3 is 0 Å². The number of hydrogen-bond donors (Lipinski definition) is 2. The molecule has 4 aromatic rings. The lowest BCUT2D eigenvalue weighted by molar-refractivity contribution is -0.384. The number of carbonyl (C=O) groups excluding carboxylic acids is 1. The smallest absolute Gasteiger partial charge is 0.269 e. The van der Waals surface area contributed by atoms with Crippen LogP contribution in [0.15, 0.2) is 60.8 Å². The second kappa shape index (κ2) is 8.94. The van der Waals surface area contributed by atoms with Gasteiger partial charge in [0, 0.05) is 36.5 Å². The van der Waals surface area contributed by atoms with Crippen molar-refractivity contribution in [2.75, 3.05) is 0 Å². The highest BCUT2D eigenvalue weighted by molar-refractivity contribution is 7.71. The molecule has 0 aliphatic carbocycles. The molecule has 0 fully saturated rings. The van der Waals surface area contributed by atoms with Crippen LogP contribution in [0.1, 0.15) is 11.4 Å². The second-order valence-corrected chi connectivity index (χ2v) is 7.43. The predicted octanol–water partition coefficient (Wildman–Crippen LogP) is 3.10. The van der Waals surface area contributed by atoms with Crippen LogP contribution in [0.5, 0.6) is 0 Å². The summed E-state index contributed by atoms with van der Waals surface area (Å²) >= 11 is 5.08. The summed E-state index contributed by atoms with van der Waals surface area (Å²) in [6.45, 7) is 0.224. The van der Waals surface area contributed by atoms with E-state index in [2.05, 4.69) is 20.6 Å². The third-order valence-electron chi connectivity index (χ3n) is 4.93. The zero-order valence-electron chi connectivity index (χ0n) is 17.1. The zero-order chi connectivity index (χ0) is 22.7. The van der Waals surface area contributed by atoms with Gasteiger partial charge in [0.15, 0.2) is 10.6 Å². The minimum atomic E-state index is -0.454. The minimum absolute atomic E-state index is 0.0106. The van der Waals surface area contributed by atoms with E-state index >= 15 is 0 Å². The van der Waals surface area contributed by atoms with Crippen LogP contribution in [0.4, 0.5) is 5.69 Å². The third kappa shape index (κ3) is 4.47. The summed E-state index contributed by atoms with van der Waals surface area (Å²) in [4.78, 5) is 23.2. The lowest BCUT2D eigenvalue weighted by Crippen LogP contribution is -2.26. The Hall–Kier alpha value is -4.12. The van der Waals surface area contributed by atoms with Gasteiger partial charge in [-0.3, -0.25) is 20.0 Å². The lowest BCUT2D eigenvalue weighted by atomic mass is 10.1. The van der Waals surface area contributed by atoms with Crippen LogP contribution in [0.25, 0.3) is 16.9 Å². The molecule has 0 aliphatic rings. The van der Waals surface area contributed by atoms with Gasteiger partial charge in [0.2, 0.25) is 5.91 Å². The molecule has 162 valence electrons. The molecule has 2 aromatic heterocycles. The molecule has 10 nitrogen and oxygen atoms in total. The average molecular weight is 449 g/mol. The van der Waals surface area contributed by atoms with E-state index in [-0.39, 0.29) is 24.6 Å². The summed E-state index contributed by atoms with van der Waals surface area (Å²) in [6.07, 6.45) is 1.87. The first-order chi connectivity index (χ1) is 15.4. The lowest BCUT2D eigenvalue weighted by Gasteiger charge is -2.05. The number of nitro benzene ring substituents is 1. The fraction of sp³-hybridized carbons (Fsp3) is 0.143. The number of rotatable bonds is 7. The highest BCUT2D eigenvalue weighted by Gasteiger charge is 2.17. The molecule has 2 heterocycles. The molecule has 0 saturated heterocycles. The number of amides is 1. The van der Waals surface area contributed by atoms with Crippen molar-refractivity contribution in [1.82, 2.24) is 29.9 Å². The first-order valence-electron chi connectivity index (χ1n) is 9.68. The number of hydrogen-bond acceptors (Lipinski definition) is 6. The van der Waals surface area contributed by atoms with E-state index in [1.165, 1.54) is 12.1 Å². The number of benzene rings is 2. The van der Waals surface area contributed by atoms with Gasteiger partial charge in [-0.05, 0) is 36.5 Å². The van der Waals surface area contributed by atoms with E-state index in [0.29, 0.717) is 27.4 Å². The Balaban J connectivity index is 1.61. The van der Waals surface area contributed by atoms with E-state index < -0.39 is 4.92 Å². The highest BCUT2D eigenvalue weighted by Crippen LogP contribution is 2.26. The fourth-order valence-corrected chi connectivity index (χ4v) is 3.34. The van der Waals surface area contributed by atoms with Crippen molar-refractivity contribution in [3.8, 4) is 16.9 Å². The van der Waals surface area contributed by atoms with Crippen molar-refractivity contribution in [2.45, 2.75) is 13.0 Å². The molecule has 2 aromatic carbocycles. The highest BCUT2D eigenvalue weighted by atomic mass is 32.1. The van der Waals surface area contributed by atoms with Crippen LogP contribution in [0, 0.1) is 14.9 Å². The van der Waals surface area contributed by atoms with Gasteiger partial charge in [-0.1, -0.05) is 18.2 Å². The topological polar surface area (TPSA) is 124 Å². The largest absolute Gasteiger partial charge is 0.349 e. The van der Waals surface area contributed by atoms with Crippen molar-refractivity contribution in [1.29, 1.82) is 0 Å². The van der Waals surface area contributed by atoms with Crippen LogP contribution < -0.4 is 5.32 Å². The molecule has 0 unspecified atom stereocenters. The van der Waals surface area contributed by atoms with Crippen molar-refractivity contribution >= 4 is 23.8 Å². The SMILES string of the molecule is Cn1c(CNC(=O)Cc2cn(-c3ccccc3)nc2-c2ccc([N+](=O)[O-])cc2)n[nH]c1=S. The van der Waals surface area contributed by atoms with E-state index in [1.807, 2.05) is 30.3 Å². The van der Waals surface area contributed by atoms with Crippen molar-refractivity contribution in [3.05, 3.63) is 87.1 Å². The Labute approximate surface area is 187 Å². The molecule has 11 heteroatoms. The summed E-state index contributed by atoms with van der Waals surface area (Å²) in [5.41, 5.74) is 2.78. The average Bonchev–Trinajstić information content (AvgIpc) is 3.36. The van der Waals surface area contributed by atoms with E-state index in [0.717, 1.165) is 5.69 Å². The van der Waals surface area contributed by atoms with Gasteiger partial charge in [-0.25, -0.2) is 4.68 Å². The molecule has 0 atom stereocenters. The molecular formula is C21H19N7O3S.